The molecule has 0 atom stereocenters. The van der Waals surface area contributed by atoms with Gasteiger partial charge in [-0.05, 0) is 47.5 Å². The predicted molar refractivity (Wildman–Crippen MR) is 104 cm³/mol. The highest BCUT2D eigenvalue weighted by Gasteiger charge is 2.06. The number of rotatable bonds is 7. The van der Waals surface area contributed by atoms with E-state index in [1.54, 1.807) is 24.3 Å². The van der Waals surface area contributed by atoms with Gasteiger partial charge in [-0.3, -0.25) is 0 Å². The molecule has 3 aromatic rings. The third kappa shape index (κ3) is 5.21. The van der Waals surface area contributed by atoms with Crippen molar-refractivity contribution in [3.8, 4) is 5.75 Å². The second-order valence-corrected chi connectivity index (χ2v) is 6.68. The molecule has 0 fully saturated rings. The maximum absolute atomic E-state index is 12.9. The van der Waals surface area contributed by atoms with Gasteiger partial charge < -0.3 is 10.1 Å². The first-order valence-corrected chi connectivity index (χ1v) is 8.97. The molecule has 0 amide bonds. The Morgan fingerprint density at radius 3 is 2.19 bits per heavy atom. The Labute approximate surface area is 162 Å². The third-order valence-corrected chi connectivity index (χ3v) is 4.62. The molecule has 5 heteroatoms. The van der Waals surface area contributed by atoms with E-state index in [9.17, 15) is 4.39 Å². The summed E-state index contributed by atoms with van der Waals surface area (Å²) >= 11 is 12.3. The molecule has 0 aliphatic carbocycles. The number of nitrogens with one attached hydrogen (secondary N) is 1. The van der Waals surface area contributed by atoms with Crippen LogP contribution in [0.1, 0.15) is 16.7 Å². The molecular weight excluding hydrogens is 372 g/mol. The van der Waals surface area contributed by atoms with Gasteiger partial charge in [0, 0.05) is 28.7 Å². The van der Waals surface area contributed by atoms with Gasteiger partial charge in [0.2, 0.25) is 0 Å². The van der Waals surface area contributed by atoms with Crippen LogP contribution in [0.5, 0.6) is 5.75 Å². The summed E-state index contributed by atoms with van der Waals surface area (Å²) in [7, 11) is 0. The zero-order valence-electron chi connectivity index (χ0n) is 14.0. The van der Waals surface area contributed by atoms with E-state index in [1.807, 2.05) is 30.3 Å². The molecule has 0 saturated carbocycles. The van der Waals surface area contributed by atoms with Crippen LogP contribution in [0.15, 0.2) is 66.7 Å². The van der Waals surface area contributed by atoms with Gasteiger partial charge >= 0.3 is 0 Å². The first-order valence-electron chi connectivity index (χ1n) is 8.21. The van der Waals surface area contributed by atoms with Crippen molar-refractivity contribution in [2.45, 2.75) is 19.7 Å². The molecular formula is C21H18Cl2FNO. The van der Waals surface area contributed by atoms with Crippen LogP contribution >= 0.6 is 23.2 Å². The van der Waals surface area contributed by atoms with Gasteiger partial charge in [-0.15, -0.1) is 0 Å². The van der Waals surface area contributed by atoms with E-state index in [-0.39, 0.29) is 5.82 Å². The maximum Gasteiger partial charge on any atom is 0.123 e. The van der Waals surface area contributed by atoms with Crippen molar-refractivity contribution in [3.05, 3.63) is 99.3 Å². The second-order valence-electron chi connectivity index (χ2n) is 5.87. The van der Waals surface area contributed by atoms with Gasteiger partial charge in [-0.2, -0.15) is 0 Å². The van der Waals surface area contributed by atoms with Crippen molar-refractivity contribution in [2.24, 2.45) is 0 Å². The lowest BCUT2D eigenvalue weighted by Gasteiger charge is -2.11. The molecule has 1 N–H and O–H groups in total. The Morgan fingerprint density at radius 1 is 0.808 bits per heavy atom. The summed E-state index contributed by atoms with van der Waals surface area (Å²) in [6.07, 6.45) is 0. The Bertz CT molecular complexity index is 848. The Hall–Kier alpha value is -2.07. The van der Waals surface area contributed by atoms with Crippen LogP contribution in [0.4, 0.5) is 4.39 Å². The van der Waals surface area contributed by atoms with E-state index in [4.69, 9.17) is 27.9 Å². The fourth-order valence-corrected chi connectivity index (χ4v) is 3.03. The molecule has 0 saturated heterocycles. The minimum atomic E-state index is -0.225. The maximum atomic E-state index is 12.9. The molecule has 134 valence electrons. The quantitative estimate of drug-likeness (QED) is 0.534. The van der Waals surface area contributed by atoms with E-state index in [0.29, 0.717) is 29.7 Å². The van der Waals surface area contributed by atoms with Gasteiger partial charge in [-0.25, -0.2) is 4.39 Å². The minimum Gasteiger partial charge on any atom is -0.489 e. The summed E-state index contributed by atoms with van der Waals surface area (Å²) in [5.74, 6) is 0.527. The summed E-state index contributed by atoms with van der Waals surface area (Å²) in [6, 6.07) is 19.7. The number of hydrogen-bond donors (Lipinski definition) is 1. The molecule has 0 spiro atoms. The van der Waals surface area contributed by atoms with Crippen LogP contribution in [0.2, 0.25) is 10.0 Å². The molecule has 0 bridgehead atoms. The van der Waals surface area contributed by atoms with Crippen LogP contribution in [-0.4, -0.2) is 0 Å². The SMILES string of the molecule is Fc1ccc(CNCc2cccc(OCc3c(Cl)cccc3Cl)c2)cc1. The average molecular weight is 390 g/mol. The van der Waals surface area contributed by atoms with E-state index in [2.05, 4.69) is 5.32 Å². The monoisotopic (exact) mass is 389 g/mol. The molecule has 0 aliphatic rings. The normalized spacial score (nSPS) is 10.7. The van der Waals surface area contributed by atoms with Crippen LogP contribution in [0.25, 0.3) is 0 Å². The number of hydrogen-bond acceptors (Lipinski definition) is 2. The molecule has 2 nitrogen and oxygen atoms in total. The molecule has 3 rings (SSSR count). The summed E-state index contributed by atoms with van der Waals surface area (Å²) in [6.45, 7) is 1.66. The fraction of sp³-hybridized carbons (Fsp3) is 0.143. The lowest BCUT2D eigenvalue weighted by Crippen LogP contribution is -2.12. The standard InChI is InChI=1S/C21H18Cl2FNO/c22-20-5-2-6-21(23)19(20)14-26-18-4-1-3-16(11-18)13-25-12-15-7-9-17(24)10-8-15/h1-11,25H,12-14H2. The molecule has 3 aromatic carbocycles. The number of ether oxygens (including phenoxy) is 1. The van der Waals surface area contributed by atoms with Gasteiger partial charge in [0.05, 0.1) is 0 Å². The van der Waals surface area contributed by atoms with Gasteiger partial charge in [-0.1, -0.05) is 53.5 Å². The molecule has 0 radical (unpaired) electrons. The largest absolute Gasteiger partial charge is 0.489 e. The van der Waals surface area contributed by atoms with Crippen molar-refractivity contribution >= 4 is 23.2 Å². The van der Waals surface area contributed by atoms with E-state index < -0.39 is 0 Å². The smallest absolute Gasteiger partial charge is 0.123 e. The molecule has 0 aromatic heterocycles. The van der Waals surface area contributed by atoms with Crippen molar-refractivity contribution < 1.29 is 9.13 Å². The first-order chi connectivity index (χ1) is 12.6. The molecule has 0 aliphatic heterocycles. The summed E-state index contributed by atoms with van der Waals surface area (Å²) in [5.41, 5.74) is 2.90. The second kappa shape index (κ2) is 9.04. The third-order valence-electron chi connectivity index (χ3n) is 3.91. The zero-order chi connectivity index (χ0) is 18.4. The number of halogens is 3. The van der Waals surface area contributed by atoms with Crippen LogP contribution in [0.3, 0.4) is 0 Å². The fourth-order valence-electron chi connectivity index (χ4n) is 2.52. The van der Waals surface area contributed by atoms with Gasteiger partial charge in [0.25, 0.3) is 0 Å². The van der Waals surface area contributed by atoms with Crippen molar-refractivity contribution in [1.82, 2.24) is 5.32 Å². The van der Waals surface area contributed by atoms with Crippen LogP contribution < -0.4 is 10.1 Å². The summed E-state index contributed by atoms with van der Waals surface area (Å²) in [4.78, 5) is 0. The van der Waals surface area contributed by atoms with E-state index in [0.717, 1.165) is 22.4 Å². The summed E-state index contributed by atoms with van der Waals surface area (Å²) in [5, 5.41) is 4.52. The van der Waals surface area contributed by atoms with Crippen molar-refractivity contribution in [1.29, 1.82) is 0 Å². The Balaban J connectivity index is 1.55. The van der Waals surface area contributed by atoms with Crippen LogP contribution in [0, 0.1) is 5.82 Å². The first kappa shape index (κ1) is 18.7. The number of benzene rings is 3. The van der Waals surface area contributed by atoms with Gasteiger partial charge in [0.1, 0.15) is 18.2 Å². The summed E-state index contributed by atoms with van der Waals surface area (Å²) < 4.78 is 18.7. The van der Waals surface area contributed by atoms with Crippen molar-refractivity contribution in [2.75, 3.05) is 0 Å². The lowest BCUT2D eigenvalue weighted by atomic mass is 10.2. The highest BCUT2D eigenvalue weighted by atomic mass is 35.5. The topological polar surface area (TPSA) is 21.3 Å². The van der Waals surface area contributed by atoms with Gasteiger partial charge in [0.15, 0.2) is 0 Å². The predicted octanol–water partition coefficient (Wildman–Crippen LogP) is 6.00. The Morgan fingerprint density at radius 2 is 1.46 bits per heavy atom. The lowest BCUT2D eigenvalue weighted by molar-refractivity contribution is 0.306. The molecule has 0 unspecified atom stereocenters. The molecule has 26 heavy (non-hydrogen) atoms. The minimum absolute atomic E-state index is 0.225. The van der Waals surface area contributed by atoms with Crippen molar-refractivity contribution in [3.63, 3.8) is 0 Å². The molecule has 0 heterocycles. The zero-order valence-corrected chi connectivity index (χ0v) is 15.5. The van der Waals surface area contributed by atoms with Crippen LogP contribution in [-0.2, 0) is 19.7 Å². The average Bonchev–Trinajstić information content (AvgIpc) is 2.63. The Kier molecular flexibility index (Phi) is 6.51. The highest BCUT2D eigenvalue weighted by molar-refractivity contribution is 6.35. The highest BCUT2D eigenvalue weighted by Crippen LogP contribution is 2.26. The van der Waals surface area contributed by atoms with E-state index in [1.165, 1.54) is 12.1 Å². The van der Waals surface area contributed by atoms with E-state index >= 15 is 0 Å².